The molecule has 1 fully saturated rings. The molecular formula is C17H23BrN6O2. The van der Waals surface area contributed by atoms with Crippen molar-refractivity contribution in [3.05, 3.63) is 28.8 Å². The number of aryl methyl sites for hydroxylation is 1. The summed E-state index contributed by atoms with van der Waals surface area (Å²) in [5.41, 5.74) is -0.0992. The normalized spacial score (nSPS) is 15.2. The lowest BCUT2D eigenvalue weighted by atomic mass is 10.0. The van der Waals surface area contributed by atoms with Gasteiger partial charge in [0.1, 0.15) is 11.2 Å². The van der Waals surface area contributed by atoms with Crippen LogP contribution < -0.4 is 5.32 Å². The summed E-state index contributed by atoms with van der Waals surface area (Å²) in [5.74, 6) is -0.367. The highest BCUT2D eigenvalue weighted by Gasteiger charge is 2.33. The predicted octanol–water partition coefficient (Wildman–Crippen LogP) is 2.38. The lowest BCUT2D eigenvalue weighted by molar-refractivity contribution is -0.123. The van der Waals surface area contributed by atoms with Crippen molar-refractivity contribution in [1.29, 1.82) is 0 Å². The van der Waals surface area contributed by atoms with Crippen LogP contribution in [0.5, 0.6) is 0 Å². The number of likely N-dealkylation sites (tertiary alicyclic amines) is 1. The molecule has 8 nitrogen and oxygen atoms in total. The van der Waals surface area contributed by atoms with Crippen LogP contribution in [-0.4, -0.2) is 49.4 Å². The van der Waals surface area contributed by atoms with Crippen molar-refractivity contribution in [2.24, 2.45) is 7.05 Å². The Kier molecular flexibility index (Phi) is 5.17. The molecule has 3 rings (SSSR count). The van der Waals surface area contributed by atoms with Gasteiger partial charge in [-0.2, -0.15) is 10.2 Å². The number of rotatable bonds is 4. The number of nitrogens with one attached hydrogen (secondary N) is 1. The van der Waals surface area contributed by atoms with E-state index < -0.39 is 5.54 Å². The minimum atomic E-state index is -0.923. The maximum atomic E-state index is 12.9. The monoisotopic (exact) mass is 422 g/mol. The second kappa shape index (κ2) is 7.22. The van der Waals surface area contributed by atoms with Gasteiger partial charge in [-0.3, -0.25) is 19.0 Å². The number of carbonyl (C=O) groups excluding carboxylic acids is 2. The number of hydrogen-bond donors (Lipinski definition) is 1. The molecule has 26 heavy (non-hydrogen) atoms. The van der Waals surface area contributed by atoms with Gasteiger partial charge in [-0.1, -0.05) is 0 Å². The van der Waals surface area contributed by atoms with Gasteiger partial charge in [0.25, 0.3) is 11.8 Å². The van der Waals surface area contributed by atoms with Crippen LogP contribution in [0, 0.1) is 0 Å². The van der Waals surface area contributed by atoms with Crippen molar-refractivity contribution in [1.82, 2.24) is 24.5 Å². The molecule has 1 saturated heterocycles. The number of halogens is 1. The first kappa shape index (κ1) is 18.6. The Morgan fingerprint density at radius 1 is 1.15 bits per heavy atom. The maximum absolute atomic E-state index is 12.9. The third-order valence-electron chi connectivity index (χ3n) is 4.71. The van der Waals surface area contributed by atoms with E-state index in [-0.39, 0.29) is 11.8 Å². The molecule has 1 aliphatic rings. The van der Waals surface area contributed by atoms with Crippen molar-refractivity contribution >= 4 is 33.4 Å². The first-order valence-electron chi connectivity index (χ1n) is 8.64. The second-order valence-electron chi connectivity index (χ2n) is 7.00. The number of nitrogens with zero attached hydrogens (tertiary/aromatic N) is 5. The van der Waals surface area contributed by atoms with Gasteiger partial charge in [-0.15, -0.1) is 0 Å². The lowest BCUT2D eigenvalue weighted by Crippen LogP contribution is -2.41. The number of aromatic nitrogens is 4. The summed E-state index contributed by atoms with van der Waals surface area (Å²) >= 11 is 3.34. The van der Waals surface area contributed by atoms with Crippen LogP contribution in [0.3, 0.4) is 0 Å². The topological polar surface area (TPSA) is 85.0 Å². The number of amides is 2. The van der Waals surface area contributed by atoms with Crippen LogP contribution in [-0.2, 0) is 17.4 Å². The zero-order valence-electron chi connectivity index (χ0n) is 15.2. The first-order valence-corrected chi connectivity index (χ1v) is 9.43. The molecule has 0 aromatic carbocycles. The fourth-order valence-corrected chi connectivity index (χ4v) is 3.30. The summed E-state index contributed by atoms with van der Waals surface area (Å²) in [6, 6.07) is 0. The minimum Gasteiger partial charge on any atom is -0.337 e. The van der Waals surface area contributed by atoms with Crippen LogP contribution in [0.2, 0.25) is 0 Å². The van der Waals surface area contributed by atoms with E-state index >= 15 is 0 Å². The van der Waals surface area contributed by atoms with E-state index in [1.807, 2.05) is 4.90 Å². The Labute approximate surface area is 160 Å². The molecule has 1 N–H and O–H groups in total. The molecule has 0 atom stereocenters. The van der Waals surface area contributed by atoms with Crippen molar-refractivity contribution in [3.63, 3.8) is 0 Å². The van der Waals surface area contributed by atoms with E-state index in [2.05, 4.69) is 31.4 Å². The molecule has 1 aliphatic heterocycles. The van der Waals surface area contributed by atoms with Gasteiger partial charge in [0.15, 0.2) is 0 Å². The molecule has 2 amide bonds. The van der Waals surface area contributed by atoms with E-state index in [4.69, 9.17) is 0 Å². The molecule has 9 heteroatoms. The molecule has 0 spiro atoms. The van der Waals surface area contributed by atoms with Gasteiger partial charge in [-0.05, 0) is 49.0 Å². The standard InChI is InChI=1S/C17H23BrN6O2/c1-17(2,24-11-12(18)9-20-24)16(26)21-13-10-19-22(3)14(13)15(25)23-7-5-4-6-8-23/h9-11H,4-8H2,1-3H3,(H,21,26). The average molecular weight is 423 g/mol. The Balaban J connectivity index is 1.82. The van der Waals surface area contributed by atoms with Crippen LogP contribution in [0.1, 0.15) is 43.6 Å². The van der Waals surface area contributed by atoms with Crippen molar-refractivity contribution in [2.45, 2.75) is 38.6 Å². The van der Waals surface area contributed by atoms with Gasteiger partial charge in [0.05, 0.1) is 22.6 Å². The van der Waals surface area contributed by atoms with Gasteiger partial charge in [0.2, 0.25) is 0 Å². The zero-order chi connectivity index (χ0) is 18.9. The van der Waals surface area contributed by atoms with Crippen molar-refractivity contribution in [2.75, 3.05) is 18.4 Å². The lowest BCUT2D eigenvalue weighted by Gasteiger charge is -2.27. The molecule has 2 aromatic rings. The number of hydrogen-bond acceptors (Lipinski definition) is 4. The third kappa shape index (κ3) is 3.53. The summed E-state index contributed by atoms with van der Waals surface area (Å²) < 4.78 is 3.89. The number of piperidine rings is 1. The van der Waals surface area contributed by atoms with E-state index in [1.54, 1.807) is 38.0 Å². The fraction of sp³-hybridized carbons (Fsp3) is 0.529. The molecule has 0 unspecified atom stereocenters. The quantitative estimate of drug-likeness (QED) is 0.819. The fourth-order valence-electron chi connectivity index (χ4n) is 3.02. The predicted molar refractivity (Wildman–Crippen MR) is 101 cm³/mol. The van der Waals surface area contributed by atoms with Gasteiger partial charge in [0, 0.05) is 26.3 Å². The SMILES string of the molecule is Cn1ncc(NC(=O)C(C)(C)n2cc(Br)cn2)c1C(=O)N1CCCCC1. The van der Waals surface area contributed by atoms with Crippen LogP contribution in [0.15, 0.2) is 23.1 Å². The maximum Gasteiger partial charge on any atom is 0.274 e. The molecule has 140 valence electrons. The van der Waals surface area contributed by atoms with Crippen LogP contribution in [0.25, 0.3) is 0 Å². The smallest absolute Gasteiger partial charge is 0.274 e. The van der Waals surface area contributed by atoms with Crippen molar-refractivity contribution in [3.8, 4) is 0 Å². The minimum absolute atomic E-state index is 0.0976. The Morgan fingerprint density at radius 2 is 1.85 bits per heavy atom. The molecule has 0 bridgehead atoms. The highest BCUT2D eigenvalue weighted by atomic mass is 79.9. The Bertz CT molecular complexity index is 819. The summed E-state index contributed by atoms with van der Waals surface area (Å²) in [7, 11) is 1.71. The van der Waals surface area contributed by atoms with Crippen LogP contribution >= 0.6 is 15.9 Å². The molecule has 0 saturated carbocycles. The molecular weight excluding hydrogens is 400 g/mol. The molecule has 0 aliphatic carbocycles. The molecule has 3 heterocycles. The summed E-state index contributed by atoms with van der Waals surface area (Å²) in [4.78, 5) is 27.6. The second-order valence-corrected chi connectivity index (χ2v) is 7.92. The first-order chi connectivity index (χ1) is 12.3. The molecule has 0 radical (unpaired) electrons. The Hall–Kier alpha value is -2.16. The Morgan fingerprint density at radius 3 is 2.46 bits per heavy atom. The van der Waals surface area contributed by atoms with Gasteiger partial charge < -0.3 is 10.2 Å². The zero-order valence-corrected chi connectivity index (χ0v) is 16.8. The summed E-state index contributed by atoms with van der Waals surface area (Å²) in [6.07, 6.45) is 8.04. The van der Waals surface area contributed by atoms with Gasteiger partial charge in [-0.25, -0.2) is 0 Å². The largest absolute Gasteiger partial charge is 0.337 e. The highest BCUT2D eigenvalue weighted by molar-refractivity contribution is 9.10. The van der Waals surface area contributed by atoms with E-state index in [0.29, 0.717) is 11.4 Å². The highest BCUT2D eigenvalue weighted by Crippen LogP contribution is 2.23. The van der Waals surface area contributed by atoms with Crippen molar-refractivity contribution < 1.29 is 9.59 Å². The van der Waals surface area contributed by atoms with Crippen LogP contribution in [0.4, 0.5) is 5.69 Å². The van der Waals surface area contributed by atoms with E-state index in [0.717, 1.165) is 36.8 Å². The van der Waals surface area contributed by atoms with E-state index in [9.17, 15) is 9.59 Å². The van der Waals surface area contributed by atoms with Gasteiger partial charge >= 0.3 is 0 Å². The average Bonchev–Trinajstić information content (AvgIpc) is 3.21. The summed E-state index contributed by atoms with van der Waals surface area (Å²) in [6.45, 7) is 5.02. The van der Waals surface area contributed by atoms with E-state index in [1.165, 1.54) is 10.9 Å². The summed E-state index contributed by atoms with van der Waals surface area (Å²) in [5, 5.41) is 11.2. The number of carbonyl (C=O) groups is 2. The molecule has 2 aromatic heterocycles. The third-order valence-corrected chi connectivity index (χ3v) is 5.12. The number of anilines is 1.